The fraction of sp³-hybridized carbons (Fsp3) is 0.933. The molecule has 1 atom stereocenters. The summed E-state index contributed by atoms with van der Waals surface area (Å²) in [6.07, 6.45) is 11.0. The lowest BCUT2D eigenvalue weighted by molar-refractivity contribution is -0.130. The molecule has 18 heavy (non-hydrogen) atoms. The van der Waals surface area contributed by atoms with Crippen molar-refractivity contribution in [2.24, 2.45) is 17.6 Å². The monoisotopic (exact) mass is 252 g/mol. The highest BCUT2D eigenvalue weighted by Crippen LogP contribution is 2.28. The van der Waals surface area contributed by atoms with Crippen LogP contribution in [0.4, 0.5) is 0 Å². The molecule has 2 fully saturated rings. The van der Waals surface area contributed by atoms with Crippen LogP contribution >= 0.6 is 0 Å². The van der Waals surface area contributed by atoms with Crippen molar-refractivity contribution in [3.8, 4) is 0 Å². The number of hydrogen-bond acceptors (Lipinski definition) is 2. The molecule has 0 aromatic rings. The van der Waals surface area contributed by atoms with E-state index < -0.39 is 0 Å². The van der Waals surface area contributed by atoms with E-state index in [0.717, 1.165) is 51.2 Å². The summed E-state index contributed by atoms with van der Waals surface area (Å²) in [5.74, 6) is 1.87. The molecule has 1 saturated carbocycles. The Morgan fingerprint density at radius 3 is 2.56 bits per heavy atom. The van der Waals surface area contributed by atoms with Gasteiger partial charge in [0.2, 0.25) is 5.91 Å². The third-order valence-electron chi connectivity index (χ3n) is 4.70. The predicted octanol–water partition coefficient (Wildman–Crippen LogP) is 2.54. The van der Waals surface area contributed by atoms with Crippen molar-refractivity contribution in [1.29, 1.82) is 0 Å². The second kappa shape index (κ2) is 7.13. The Bertz CT molecular complexity index is 261. The van der Waals surface area contributed by atoms with Crippen molar-refractivity contribution in [2.75, 3.05) is 19.6 Å². The smallest absolute Gasteiger partial charge is 0.222 e. The third-order valence-corrected chi connectivity index (χ3v) is 4.70. The number of amides is 1. The number of carbonyl (C=O) groups excluding carboxylic acids is 1. The van der Waals surface area contributed by atoms with Crippen LogP contribution in [0.15, 0.2) is 0 Å². The van der Waals surface area contributed by atoms with E-state index in [2.05, 4.69) is 4.90 Å². The van der Waals surface area contributed by atoms with Gasteiger partial charge >= 0.3 is 0 Å². The van der Waals surface area contributed by atoms with Crippen LogP contribution in [0.5, 0.6) is 0 Å². The van der Waals surface area contributed by atoms with Crippen molar-refractivity contribution in [2.45, 2.75) is 57.8 Å². The molecule has 0 spiro atoms. The Kier molecular flexibility index (Phi) is 5.48. The van der Waals surface area contributed by atoms with Gasteiger partial charge in [0.15, 0.2) is 0 Å². The quantitative estimate of drug-likeness (QED) is 0.817. The number of carbonyl (C=O) groups is 1. The van der Waals surface area contributed by atoms with Crippen LogP contribution in [-0.4, -0.2) is 30.4 Å². The lowest BCUT2D eigenvalue weighted by Gasteiger charge is -2.22. The van der Waals surface area contributed by atoms with Crippen LogP contribution in [0.25, 0.3) is 0 Å². The molecule has 1 heterocycles. The summed E-state index contributed by atoms with van der Waals surface area (Å²) in [4.78, 5) is 14.2. The van der Waals surface area contributed by atoms with Crippen molar-refractivity contribution in [3.05, 3.63) is 0 Å². The minimum absolute atomic E-state index is 0.389. The van der Waals surface area contributed by atoms with Crippen LogP contribution in [-0.2, 0) is 4.79 Å². The Morgan fingerprint density at radius 2 is 1.83 bits per heavy atom. The highest BCUT2D eigenvalue weighted by molar-refractivity contribution is 5.76. The topological polar surface area (TPSA) is 46.3 Å². The first kappa shape index (κ1) is 13.9. The Balaban J connectivity index is 1.65. The van der Waals surface area contributed by atoms with Crippen LogP contribution < -0.4 is 5.73 Å². The van der Waals surface area contributed by atoms with E-state index in [1.54, 1.807) is 0 Å². The number of nitrogens with zero attached hydrogens (tertiary/aromatic N) is 1. The molecule has 0 aromatic carbocycles. The number of rotatable bonds is 5. The van der Waals surface area contributed by atoms with Gasteiger partial charge in [-0.05, 0) is 37.6 Å². The second-order valence-corrected chi connectivity index (χ2v) is 6.11. The normalized spacial score (nSPS) is 25.6. The van der Waals surface area contributed by atoms with Crippen LogP contribution in [0.3, 0.4) is 0 Å². The van der Waals surface area contributed by atoms with Gasteiger partial charge in [-0.15, -0.1) is 0 Å². The zero-order valence-corrected chi connectivity index (χ0v) is 11.6. The molecular weight excluding hydrogens is 224 g/mol. The van der Waals surface area contributed by atoms with Crippen molar-refractivity contribution in [3.63, 3.8) is 0 Å². The molecular formula is C15H28N2O. The molecule has 1 saturated heterocycles. The molecule has 3 heteroatoms. The molecule has 1 unspecified atom stereocenters. The molecule has 1 aliphatic carbocycles. The minimum atomic E-state index is 0.389. The van der Waals surface area contributed by atoms with Crippen LogP contribution in [0, 0.1) is 11.8 Å². The van der Waals surface area contributed by atoms with Gasteiger partial charge in [-0.25, -0.2) is 0 Å². The summed E-state index contributed by atoms with van der Waals surface area (Å²) in [5, 5.41) is 0. The van der Waals surface area contributed by atoms with E-state index in [-0.39, 0.29) is 0 Å². The fourth-order valence-electron chi connectivity index (χ4n) is 3.49. The molecule has 2 rings (SSSR count). The van der Waals surface area contributed by atoms with E-state index >= 15 is 0 Å². The van der Waals surface area contributed by atoms with Crippen molar-refractivity contribution < 1.29 is 4.79 Å². The molecule has 0 aromatic heterocycles. The number of hydrogen-bond donors (Lipinski definition) is 1. The summed E-state index contributed by atoms with van der Waals surface area (Å²) < 4.78 is 0. The maximum Gasteiger partial charge on any atom is 0.222 e. The number of likely N-dealkylation sites (tertiary alicyclic amines) is 1. The standard InChI is InChI=1S/C15H28N2O/c16-10-8-14-9-11-17(12-14)15(18)7-6-13-4-2-1-3-5-13/h13-14H,1-12,16H2. The summed E-state index contributed by atoms with van der Waals surface area (Å²) in [5.41, 5.74) is 5.58. The molecule has 1 aliphatic heterocycles. The van der Waals surface area contributed by atoms with Gasteiger partial charge in [-0.2, -0.15) is 0 Å². The van der Waals surface area contributed by atoms with Crippen molar-refractivity contribution in [1.82, 2.24) is 4.90 Å². The first-order valence-corrected chi connectivity index (χ1v) is 7.77. The van der Waals surface area contributed by atoms with E-state index in [0.29, 0.717) is 11.8 Å². The van der Waals surface area contributed by atoms with Crippen LogP contribution in [0.1, 0.15) is 57.8 Å². The first-order valence-electron chi connectivity index (χ1n) is 7.77. The van der Waals surface area contributed by atoms with E-state index in [4.69, 9.17) is 5.73 Å². The summed E-state index contributed by atoms with van der Waals surface area (Å²) in [7, 11) is 0. The first-order chi connectivity index (χ1) is 8.79. The van der Waals surface area contributed by atoms with Gasteiger partial charge in [-0.1, -0.05) is 32.1 Å². The Morgan fingerprint density at radius 1 is 1.06 bits per heavy atom. The van der Waals surface area contributed by atoms with Gasteiger partial charge in [0.1, 0.15) is 0 Å². The lowest BCUT2D eigenvalue weighted by atomic mass is 9.86. The summed E-state index contributed by atoms with van der Waals surface area (Å²) in [6, 6.07) is 0. The highest BCUT2D eigenvalue weighted by atomic mass is 16.2. The maximum atomic E-state index is 12.1. The van der Waals surface area contributed by atoms with Crippen LogP contribution in [0.2, 0.25) is 0 Å². The molecule has 0 bridgehead atoms. The highest BCUT2D eigenvalue weighted by Gasteiger charge is 2.26. The molecule has 1 amide bonds. The Hall–Kier alpha value is -0.570. The molecule has 2 aliphatic rings. The molecule has 104 valence electrons. The van der Waals surface area contributed by atoms with Gasteiger partial charge in [0, 0.05) is 19.5 Å². The van der Waals surface area contributed by atoms with Gasteiger partial charge in [-0.3, -0.25) is 4.79 Å². The lowest BCUT2D eigenvalue weighted by Crippen LogP contribution is -2.29. The minimum Gasteiger partial charge on any atom is -0.342 e. The molecule has 2 N–H and O–H groups in total. The maximum absolute atomic E-state index is 12.1. The SMILES string of the molecule is NCCC1CCN(C(=O)CCC2CCCCC2)C1. The summed E-state index contributed by atoms with van der Waals surface area (Å²) >= 11 is 0. The predicted molar refractivity (Wildman–Crippen MR) is 74.2 cm³/mol. The Labute approximate surface area is 111 Å². The zero-order chi connectivity index (χ0) is 12.8. The third kappa shape index (κ3) is 3.98. The average molecular weight is 252 g/mol. The zero-order valence-electron chi connectivity index (χ0n) is 11.6. The average Bonchev–Trinajstić information content (AvgIpc) is 2.86. The van der Waals surface area contributed by atoms with E-state index in [1.165, 1.54) is 32.1 Å². The van der Waals surface area contributed by atoms with E-state index in [9.17, 15) is 4.79 Å². The van der Waals surface area contributed by atoms with Crippen molar-refractivity contribution >= 4 is 5.91 Å². The molecule has 3 nitrogen and oxygen atoms in total. The van der Waals surface area contributed by atoms with E-state index in [1.807, 2.05) is 0 Å². The van der Waals surface area contributed by atoms with Gasteiger partial charge in [0.05, 0.1) is 0 Å². The van der Waals surface area contributed by atoms with Gasteiger partial charge < -0.3 is 10.6 Å². The summed E-state index contributed by atoms with van der Waals surface area (Å²) in [6.45, 7) is 2.68. The molecule has 0 radical (unpaired) electrons. The van der Waals surface area contributed by atoms with Gasteiger partial charge in [0.25, 0.3) is 0 Å². The fourth-order valence-corrected chi connectivity index (χ4v) is 3.49. The number of nitrogens with two attached hydrogens (primary N) is 1. The second-order valence-electron chi connectivity index (χ2n) is 6.11. The largest absolute Gasteiger partial charge is 0.342 e.